The van der Waals surface area contributed by atoms with Crippen molar-refractivity contribution in [2.24, 2.45) is 7.05 Å². The van der Waals surface area contributed by atoms with Crippen molar-refractivity contribution in [3.8, 4) is 0 Å². The van der Waals surface area contributed by atoms with E-state index >= 15 is 0 Å². The van der Waals surface area contributed by atoms with Gasteiger partial charge in [-0.2, -0.15) is 0 Å². The lowest BCUT2D eigenvalue weighted by atomic mass is 9.85. The minimum Gasteiger partial charge on any atom is -0.308 e. The van der Waals surface area contributed by atoms with E-state index < -0.39 is 0 Å². The predicted molar refractivity (Wildman–Crippen MR) is 76.8 cm³/mol. The van der Waals surface area contributed by atoms with Crippen LogP contribution in [-0.4, -0.2) is 44.1 Å². The molecule has 2 heterocycles. The number of hydrogen-bond acceptors (Lipinski definition) is 4. The maximum absolute atomic E-state index is 4.23. The van der Waals surface area contributed by atoms with Crippen LogP contribution < -0.4 is 5.32 Å². The summed E-state index contributed by atoms with van der Waals surface area (Å²) in [6.45, 7) is 12.1. The molecule has 0 aliphatic carbocycles. The van der Waals surface area contributed by atoms with Gasteiger partial charge in [-0.15, -0.1) is 5.10 Å². The Morgan fingerprint density at radius 1 is 1.32 bits per heavy atom. The fourth-order valence-electron chi connectivity index (χ4n) is 2.81. The minimum atomic E-state index is 0.158. The molecule has 5 heteroatoms. The molecular formula is C14H27N5. The van der Waals surface area contributed by atoms with Crippen molar-refractivity contribution in [2.75, 3.05) is 13.1 Å². The van der Waals surface area contributed by atoms with Crippen LogP contribution in [0.5, 0.6) is 0 Å². The van der Waals surface area contributed by atoms with Crippen LogP contribution in [0.15, 0.2) is 6.20 Å². The second kappa shape index (κ2) is 5.21. The van der Waals surface area contributed by atoms with Gasteiger partial charge >= 0.3 is 0 Å². The summed E-state index contributed by atoms with van der Waals surface area (Å²) in [5.74, 6) is 0. The van der Waals surface area contributed by atoms with E-state index in [9.17, 15) is 0 Å². The molecule has 1 N–H and O–H groups in total. The van der Waals surface area contributed by atoms with E-state index in [1.807, 2.05) is 13.2 Å². The number of rotatable bonds is 4. The first-order chi connectivity index (χ1) is 8.91. The van der Waals surface area contributed by atoms with E-state index in [1.165, 1.54) is 0 Å². The standard InChI is InChI=1S/C14H27N5/c1-6-14(7-2)11-19(13(3,4)10-15-14)9-12-8-18(5)17-16-12/h8,15H,6-7,9-11H2,1-5H3. The van der Waals surface area contributed by atoms with Crippen molar-refractivity contribution in [1.82, 2.24) is 25.2 Å². The van der Waals surface area contributed by atoms with Gasteiger partial charge in [0.2, 0.25) is 0 Å². The van der Waals surface area contributed by atoms with Gasteiger partial charge in [0.05, 0.1) is 5.69 Å². The Morgan fingerprint density at radius 3 is 2.53 bits per heavy atom. The van der Waals surface area contributed by atoms with Crippen LogP contribution >= 0.6 is 0 Å². The molecule has 1 aliphatic heterocycles. The molecule has 1 aliphatic rings. The topological polar surface area (TPSA) is 46.0 Å². The maximum Gasteiger partial charge on any atom is 0.0967 e. The number of nitrogens with one attached hydrogen (secondary N) is 1. The van der Waals surface area contributed by atoms with Crippen LogP contribution in [0, 0.1) is 0 Å². The van der Waals surface area contributed by atoms with Crippen molar-refractivity contribution in [3.63, 3.8) is 0 Å². The molecule has 1 fully saturated rings. The lowest BCUT2D eigenvalue weighted by molar-refractivity contribution is 0.0153. The van der Waals surface area contributed by atoms with Gasteiger partial charge in [0.25, 0.3) is 0 Å². The summed E-state index contributed by atoms with van der Waals surface area (Å²) in [5, 5.41) is 12.0. The first-order valence-corrected chi connectivity index (χ1v) is 7.26. The Bertz CT molecular complexity index is 419. The molecule has 0 spiro atoms. The first-order valence-electron chi connectivity index (χ1n) is 7.26. The number of aryl methyl sites for hydroxylation is 1. The molecule has 5 nitrogen and oxygen atoms in total. The molecule has 1 saturated heterocycles. The second-order valence-corrected chi connectivity index (χ2v) is 6.39. The van der Waals surface area contributed by atoms with Gasteiger partial charge in [-0.25, -0.2) is 0 Å². The summed E-state index contributed by atoms with van der Waals surface area (Å²) in [7, 11) is 1.92. The largest absolute Gasteiger partial charge is 0.308 e. The highest BCUT2D eigenvalue weighted by Gasteiger charge is 2.40. The van der Waals surface area contributed by atoms with Gasteiger partial charge in [-0.05, 0) is 26.7 Å². The van der Waals surface area contributed by atoms with Gasteiger partial charge in [0.1, 0.15) is 0 Å². The van der Waals surface area contributed by atoms with Crippen LogP contribution in [-0.2, 0) is 13.6 Å². The van der Waals surface area contributed by atoms with Gasteiger partial charge < -0.3 is 5.32 Å². The van der Waals surface area contributed by atoms with E-state index in [4.69, 9.17) is 0 Å². The highest BCUT2D eigenvalue weighted by molar-refractivity contribution is 5.03. The van der Waals surface area contributed by atoms with Crippen LogP contribution in [0.3, 0.4) is 0 Å². The Balaban J connectivity index is 2.14. The zero-order chi connectivity index (χ0) is 14.1. The second-order valence-electron chi connectivity index (χ2n) is 6.39. The molecule has 0 unspecified atom stereocenters. The van der Waals surface area contributed by atoms with Crippen molar-refractivity contribution < 1.29 is 0 Å². The molecule has 0 bridgehead atoms. The predicted octanol–water partition coefficient (Wildman–Crippen LogP) is 1.56. The zero-order valence-electron chi connectivity index (χ0n) is 12.9. The lowest BCUT2D eigenvalue weighted by Gasteiger charge is -2.51. The van der Waals surface area contributed by atoms with E-state index in [0.29, 0.717) is 0 Å². The quantitative estimate of drug-likeness (QED) is 0.897. The molecular weight excluding hydrogens is 238 g/mol. The average molecular weight is 265 g/mol. The van der Waals surface area contributed by atoms with Crippen LogP contribution in [0.25, 0.3) is 0 Å². The number of hydrogen-bond donors (Lipinski definition) is 1. The summed E-state index contributed by atoms with van der Waals surface area (Å²) < 4.78 is 1.78. The fraction of sp³-hybridized carbons (Fsp3) is 0.857. The van der Waals surface area contributed by atoms with Crippen molar-refractivity contribution in [3.05, 3.63) is 11.9 Å². The SMILES string of the molecule is CCC1(CC)CN(Cc2cn(C)nn2)C(C)(C)CN1. The Morgan fingerprint density at radius 2 is 2.00 bits per heavy atom. The third kappa shape index (κ3) is 2.98. The highest BCUT2D eigenvalue weighted by Crippen LogP contribution is 2.29. The summed E-state index contributed by atoms with van der Waals surface area (Å²) in [6, 6.07) is 0. The third-order valence-corrected chi connectivity index (χ3v) is 4.60. The third-order valence-electron chi connectivity index (χ3n) is 4.60. The Labute approximate surface area is 116 Å². The van der Waals surface area contributed by atoms with Crippen LogP contribution in [0.2, 0.25) is 0 Å². The molecule has 0 amide bonds. The van der Waals surface area contributed by atoms with Crippen LogP contribution in [0.4, 0.5) is 0 Å². The monoisotopic (exact) mass is 265 g/mol. The van der Waals surface area contributed by atoms with Gasteiger partial charge in [-0.1, -0.05) is 19.1 Å². The normalized spacial score (nSPS) is 22.6. The molecule has 19 heavy (non-hydrogen) atoms. The molecule has 0 aromatic carbocycles. The molecule has 2 rings (SSSR count). The van der Waals surface area contributed by atoms with E-state index in [2.05, 4.69) is 48.2 Å². The zero-order valence-corrected chi connectivity index (χ0v) is 12.9. The molecule has 108 valence electrons. The van der Waals surface area contributed by atoms with Crippen molar-refractivity contribution in [1.29, 1.82) is 0 Å². The minimum absolute atomic E-state index is 0.158. The van der Waals surface area contributed by atoms with E-state index in [-0.39, 0.29) is 11.1 Å². The van der Waals surface area contributed by atoms with Gasteiger partial charge in [0.15, 0.2) is 0 Å². The number of aromatic nitrogens is 3. The molecule has 0 saturated carbocycles. The number of piperazine rings is 1. The van der Waals surface area contributed by atoms with Crippen molar-refractivity contribution in [2.45, 2.75) is 58.2 Å². The Kier molecular flexibility index (Phi) is 3.97. The molecule has 0 atom stereocenters. The summed E-state index contributed by atoms with van der Waals surface area (Å²) in [6.07, 6.45) is 4.34. The van der Waals surface area contributed by atoms with E-state index in [0.717, 1.165) is 38.2 Å². The summed E-state index contributed by atoms with van der Waals surface area (Å²) in [5.41, 5.74) is 1.46. The van der Waals surface area contributed by atoms with E-state index in [1.54, 1.807) is 4.68 Å². The van der Waals surface area contributed by atoms with Crippen molar-refractivity contribution >= 4 is 0 Å². The van der Waals surface area contributed by atoms with Gasteiger partial charge in [0, 0.05) is 44.0 Å². The molecule has 1 aromatic heterocycles. The summed E-state index contributed by atoms with van der Waals surface area (Å²) >= 11 is 0. The lowest BCUT2D eigenvalue weighted by Crippen LogP contribution is -2.67. The smallest absolute Gasteiger partial charge is 0.0967 e. The maximum atomic E-state index is 4.23. The molecule has 0 radical (unpaired) electrons. The average Bonchev–Trinajstić information content (AvgIpc) is 2.78. The summed E-state index contributed by atoms with van der Waals surface area (Å²) in [4.78, 5) is 2.54. The fourth-order valence-corrected chi connectivity index (χ4v) is 2.81. The highest BCUT2D eigenvalue weighted by atomic mass is 15.4. The van der Waals surface area contributed by atoms with Crippen LogP contribution in [0.1, 0.15) is 46.2 Å². The van der Waals surface area contributed by atoms with Gasteiger partial charge in [-0.3, -0.25) is 9.58 Å². The number of nitrogens with zero attached hydrogens (tertiary/aromatic N) is 4. The molecule has 1 aromatic rings. The first kappa shape index (κ1) is 14.5. The Hall–Kier alpha value is -0.940.